The maximum absolute atomic E-state index is 11.0. The minimum Gasteiger partial charge on any atom is -0.265 e. The summed E-state index contributed by atoms with van der Waals surface area (Å²) in [4.78, 5) is 12.4. The van der Waals surface area contributed by atoms with E-state index >= 15 is 0 Å². The van der Waals surface area contributed by atoms with E-state index in [1.54, 1.807) is 0 Å². The Kier molecular flexibility index (Phi) is 3.28. The van der Waals surface area contributed by atoms with Crippen LogP contribution in [0.1, 0.15) is 26.2 Å². The first-order valence-corrected chi connectivity index (χ1v) is 4.43. The van der Waals surface area contributed by atoms with Gasteiger partial charge in [-0.2, -0.15) is 0 Å². The number of carbonyl (C=O) groups excluding carboxylic acids is 1. The lowest BCUT2D eigenvalue weighted by Gasteiger charge is -2.10. The van der Waals surface area contributed by atoms with Gasteiger partial charge in [0.1, 0.15) is 0 Å². The molecule has 0 bridgehead atoms. The summed E-state index contributed by atoms with van der Waals surface area (Å²) >= 11 is 4.81. The summed E-state index contributed by atoms with van der Waals surface area (Å²) < 4.78 is 0. The summed E-state index contributed by atoms with van der Waals surface area (Å²) in [5, 5.41) is 7.16. The second-order valence-electron chi connectivity index (χ2n) is 2.62. The van der Waals surface area contributed by atoms with Crippen molar-refractivity contribution in [1.82, 2.24) is 4.90 Å². The fourth-order valence-corrected chi connectivity index (χ4v) is 1.20. The molecule has 0 aliphatic carbocycles. The Labute approximate surface area is 76.6 Å². The maximum Gasteiger partial charge on any atom is 0.368 e. The highest BCUT2D eigenvalue weighted by molar-refractivity contribution is 7.80. The first-order valence-electron chi connectivity index (χ1n) is 4.03. The van der Waals surface area contributed by atoms with E-state index in [1.165, 1.54) is 4.90 Å². The summed E-state index contributed by atoms with van der Waals surface area (Å²) in [6.07, 6.45) is 3.20. The molecule has 1 aliphatic rings. The number of rotatable bonds is 4. The van der Waals surface area contributed by atoms with Crippen molar-refractivity contribution in [1.29, 1.82) is 0 Å². The Morgan fingerprint density at radius 1 is 1.42 bits per heavy atom. The van der Waals surface area contributed by atoms with Crippen LogP contribution in [-0.4, -0.2) is 22.6 Å². The quantitative estimate of drug-likeness (QED) is 0.498. The fraction of sp³-hybridized carbons (Fsp3) is 0.714. The van der Waals surface area contributed by atoms with Crippen LogP contribution in [0.25, 0.3) is 0 Å². The number of nitrogens with zero attached hydrogens (tertiary/aromatic N) is 3. The molecule has 0 aromatic heterocycles. The number of azo groups is 1. The lowest BCUT2D eigenvalue weighted by Crippen LogP contribution is -2.28. The minimum atomic E-state index is -0.323. The molecule has 0 aromatic carbocycles. The van der Waals surface area contributed by atoms with E-state index in [4.69, 9.17) is 12.2 Å². The Bertz CT molecular complexity index is 209. The highest BCUT2D eigenvalue weighted by Gasteiger charge is 2.22. The molecule has 1 rings (SSSR count). The highest BCUT2D eigenvalue weighted by Crippen LogP contribution is 2.09. The molecular weight excluding hydrogens is 174 g/mol. The molecule has 12 heavy (non-hydrogen) atoms. The van der Waals surface area contributed by atoms with Gasteiger partial charge in [0, 0.05) is 6.54 Å². The van der Waals surface area contributed by atoms with Gasteiger partial charge < -0.3 is 0 Å². The van der Waals surface area contributed by atoms with Gasteiger partial charge in [0.05, 0.1) is 0 Å². The highest BCUT2D eigenvalue weighted by atomic mass is 32.1. The average Bonchev–Trinajstić information content (AvgIpc) is 2.35. The van der Waals surface area contributed by atoms with Crippen LogP contribution in [0.15, 0.2) is 10.2 Å². The zero-order valence-electron chi connectivity index (χ0n) is 6.99. The molecule has 4 nitrogen and oxygen atoms in total. The van der Waals surface area contributed by atoms with Crippen molar-refractivity contribution in [3.63, 3.8) is 0 Å². The van der Waals surface area contributed by atoms with Gasteiger partial charge in [-0.3, -0.25) is 4.90 Å². The summed E-state index contributed by atoms with van der Waals surface area (Å²) in [5.74, 6) is 0. The normalized spacial score (nSPS) is 16.2. The van der Waals surface area contributed by atoms with Crippen molar-refractivity contribution >= 4 is 23.4 Å². The number of carbonyl (C=O) groups is 1. The van der Waals surface area contributed by atoms with Gasteiger partial charge in [-0.25, -0.2) is 4.79 Å². The standard InChI is InChI=1S/C7H11N3OS/c1-2-3-4-5-10-6(11)8-9-7(10)12/h2-5H2,1H3. The number of hydrogen-bond donors (Lipinski definition) is 0. The Balaban J connectivity index is 2.33. The SMILES string of the molecule is CCCCCN1C(=O)N=NC1=S. The number of urea groups is 1. The zero-order chi connectivity index (χ0) is 8.97. The first kappa shape index (κ1) is 9.25. The second-order valence-corrected chi connectivity index (χ2v) is 2.99. The third-order valence-corrected chi connectivity index (χ3v) is 1.97. The average molecular weight is 185 g/mol. The molecule has 5 heteroatoms. The molecule has 1 heterocycles. The molecule has 0 unspecified atom stereocenters. The van der Waals surface area contributed by atoms with Crippen molar-refractivity contribution < 1.29 is 4.79 Å². The van der Waals surface area contributed by atoms with Gasteiger partial charge in [-0.15, -0.1) is 5.11 Å². The zero-order valence-corrected chi connectivity index (χ0v) is 7.80. The lowest BCUT2D eigenvalue weighted by atomic mass is 10.2. The predicted molar refractivity (Wildman–Crippen MR) is 49.1 cm³/mol. The van der Waals surface area contributed by atoms with Gasteiger partial charge >= 0.3 is 6.03 Å². The van der Waals surface area contributed by atoms with Gasteiger partial charge in [0.25, 0.3) is 0 Å². The summed E-state index contributed by atoms with van der Waals surface area (Å²) in [5.41, 5.74) is 0. The van der Waals surface area contributed by atoms with E-state index in [1.807, 2.05) is 0 Å². The summed E-state index contributed by atoms with van der Waals surface area (Å²) in [7, 11) is 0. The second kappa shape index (κ2) is 4.25. The molecule has 66 valence electrons. The maximum atomic E-state index is 11.0. The molecule has 0 saturated carbocycles. The van der Waals surface area contributed by atoms with Gasteiger partial charge in [-0.05, 0) is 18.6 Å². The van der Waals surface area contributed by atoms with E-state index in [0.29, 0.717) is 11.7 Å². The van der Waals surface area contributed by atoms with Crippen LogP contribution in [0, 0.1) is 0 Å². The molecule has 0 N–H and O–H groups in total. The van der Waals surface area contributed by atoms with Gasteiger partial charge in [0.2, 0.25) is 5.11 Å². The number of hydrogen-bond acceptors (Lipinski definition) is 2. The van der Waals surface area contributed by atoms with Crippen LogP contribution in [0.3, 0.4) is 0 Å². The summed E-state index contributed by atoms with van der Waals surface area (Å²) in [6, 6.07) is -0.323. The molecule has 2 amide bonds. The Hall–Kier alpha value is -0.840. The van der Waals surface area contributed by atoms with E-state index in [2.05, 4.69) is 17.2 Å². The minimum absolute atomic E-state index is 0.302. The van der Waals surface area contributed by atoms with Crippen LogP contribution >= 0.6 is 12.2 Å². The fourth-order valence-electron chi connectivity index (χ4n) is 0.987. The topological polar surface area (TPSA) is 45.0 Å². The van der Waals surface area contributed by atoms with Crippen molar-refractivity contribution in [2.75, 3.05) is 6.54 Å². The smallest absolute Gasteiger partial charge is 0.265 e. The van der Waals surface area contributed by atoms with E-state index < -0.39 is 0 Å². The monoisotopic (exact) mass is 185 g/mol. The molecular formula is C7H11N3OS. The van der Waals surface area contributed by atoms with E-state index in [9.17, 15) is 4.79 Å². The van der Waals surface area contributed by atoms with Crippen molar-refractivity contribution in [3.05, 3.63) is 0 Å². The van der Waals surface area contributed by atoms with Crippen molar-refractivity contribution in [3.8, 4) is 0 Å². The molecule has 0 atom stereocenters. The van der Waals surface area contributed by atoms with Crippen molar-refractivity contribution in [2.45, 2.75) is 26.2 Å². The molecule has 0 radical (unpaired) electrons. The van der Waals surface area contributed by atoms with Crippen LogP contribution in [0.4, 0.5) is 4.79 Å². The third-order valence-electron chi connectivity index (χ3n) is 1.67. The van der Waals surface area contributed by atoms with Gasteiger partial charge in [0.15, 0.2) is 0 Å². The number of unbranched alkanes of at least 4 members (excludes halogenated alkanes) is 2. The first-order chi connectivity index (χ1) is 5.75. The van der Waals surface area contributed by atoms with Crippen molar-refractivity contribution in [2.24, 2.45) is 10.2 Å². The molecule has 0 spiro atoms. The molecule has 0 fully saturated rings. The Morgan fingerprint density at radius 3 is 2.67 bits per heavy atom. The van der Waals surface area contributed by atoms with E-state index in [0.717, 1.165) is 19.3 Å². The van der Waals surface area contributed by atoms with Crippen LogP contribution < -0.4 is 0 Å². The molecule has 1 aliphatic heterocycles. The van der Waals surface area contributed by atoms with Crippen LogP contribution in [0.5, 0.6) is 0 Å². The summed E-state index contributed by atoms with van der Waals surface area (Å²) in [6.45, 7) is 2.76. The number of amides is 2. The largest absolute Gasteiger partial charge is 0.368 e. The van der Waals surface area contributed by atoms with Crippen LogP contribution in [0.2, 0.25) is 0 Å². The third kappa shape index (κ3) is 2.07. The number of thiocarbonyl (C=S) groups is 1. The molecule has 0 aromatic rings. The Morgan fingerprint density at radius 2 is 2.17 bits per heavy atom. The van der Waals surface area contributed by atoms with Crippen LogP contribution in [-0.2, 0) is 0 Å². The lowest BCUT2D eigenvalue weighted by molar-refractivity contribution is 0.232. The van der Waals surface area contributed by atoms with E-state index in [-0.39, 0.29) is 6.03 Å². The molecule has 0 saturated heterocycles. The predicted octanol–water partition coefficient (Wildman–Crippen LogP) is 2.35. The van der Waals surface area contributed by atoms with Gasteiger partial charge in [-0.1, -0.05) is 24.9 Å².